The van der Waals surface area contributed by atoms with Crippen molar-refractivity contribution in [3.63, 3.8) is 0 Å². The van der Waals surface area contributed by atoms with Crippen LogP contribution in [0.3, 0.4) is 0 Å². The average Bonchev–Trinajstić information content (AvgIpc) is 2.89. The fourth-order valence-electron chi connectivity index (χ4n) is 2.83. The Morgan fingerprint density at radius 2 is 1.83 bits per heavy atom. The van der Waals surface area contributed by atoms with E-state index in [0.29, 0.717) is 26.5 Å². The van der Waals surface area contributed by atoms with Crippen LogP contribution in [0.1, 0.15) is 10.4 Å². The standard InChI is InChI=1S/C15H15BrN2O5S/c16-11-8-12(24(22,23)18(4-6-19)5-7-20)9-2-1-3-10-13(9)14(11)17-15(10)21/h1-3,8,19-20H,4-7H2,(H,17,21). The van der Waals surface area contributed by atoms with E-state index in [1.54, 1.807) is 18.2 Å². The number of nitrogens with zero attached hydrogens (tertiary/aromatic N) is 1. The van der Waals surface area contributed by atoms with Gasteiger partial charge in [-0.25, -0.2) is 8.42 Å². The minimum absolute atomic E-state index is 0.0216. The van der Waals surface area contributed by atoms with Crippen molar-refractivity contribution >= 4 is 48.3 Å². The third-order valence-corrected chi connectivity index (χ3v) is 6.44. The fraction of sp³-hybridized carbons (Fsp3) is 0.267. The summed E-state index contributed by atoms with van der Waals surface area (Å²) in [5.74, 6) is -0.284. The number of nitrogens with one attached hydrogen (secondary N) is 1. The van der Waals surface area contributed by atoms with Gasteiger partial charge in [-0.15, -0.1) is 0 Å². The Hall–Kier alpha value is -1.52. The Bertz CT molecular complexity index is 923. The predicted octanol–water partition coefficient (Wildman–Crippen LogP) is 1.14. The van der Waals surface area contributed by atoms with Gasteiger partial charge in [-0.05, 0) is 28.1 Å². The van der Waals surface area contributed by atoms with Crippen LogP contribution in [0.2, 0.25) is 0 Å². The van der Waals surface area contributed by atoms with E-state index >= 15 is 0 Å². The summed E-state index contributed by atoms with van der Waals surface area (Å²) in [4.78, 5) is 12.1. The van der Waals surface area contributed by atoms with Crippen LogP contribution in [0.5, 0.6) is 0 Å². The molecular weight excluding hydrogens is 400 g/mol. The summed E-state index contributed by atoms with van der Waals surface area (Å²) in [7, 11) is -3.95. The van der Waals surface area contributed by atoms with Gasteiger partial charge in [0, 0.05) is 33.9 Å². The predicted molar refractivity (Wildman–Crippen MR) is 92.5 cm³/mol. The molecule has 1 heterocycles. The minimum atomic E-state index is -3.95. The number of hydrogen-bond donors (Lipinski definition) is 3. The molecule has 0 aliphatic carbocycles. The highest BCUT2D eigenvalue weighted by molar-refractivity contribution is 9.10. The monoisotopic (exact) mass is 414 g/mol. The molecule has 0 radical (unpaired) electrons. The molecule has 24 heavy (non-hydrogen) atoms. The molecule has 9 heteroatoms. The van der Waals surface area contributed by atoms with Gasteiger partial charge in [0.05, 0.1) is 23.8 Å². The average molecular weight is 415 g/mol. The molecule has 0 aromatic heterocycles. The summed E-state index contributed by atoms with van der Waals surface area (Å²) in [6.45, 7) is -0.968. The molecule has 128 valence electrons. The van der Waals surface area contributed by atoms with Crippen molar-refractivity contribution in [2.75, 3.05) is 31.6 Å². The Labute approximate surface area is 147 Å². The second kappa shape index (κ2) is 6.41. The molecular formula is C15H15BrN2O5S. The van der Waals surface area contributed by atoms with E-state index in [4.69, 9.17) is 10.2 Å². The lowest BCUT2D eigenvalue weighted by molar-refractivity contribution is 0.103. The van der Waals surface area contributed by atoms with E-state index in [0.717, 1.165) is 4.31 Å². The van der Waals surface area contributed by atoms with E-state index < -0.39 is 10.0 Å². The lowest BCUT2D eigenvalue weighted by Gasteiger charge is -2.21. The molecule has 0 bridgehead atoms. The maximum Gasteiger partial charge on any atom is 0.256 e. The van der Waals surface area contributed by atoms with E-state index in [1.807, 2.05) is 0 Å². The molecule has 0 spiro atoms. The molecule has 0 saturated heterocycles. The molecule has 0 atom stereocenters. The Balaban J connectivity index is 2.28. The van der Waals surface area contributed by atoms with E-state index in [-0.39, 0.29) is 37.1 Å². The van der Waals surface area contributed by atoms with E-state index in [1.165, 1.54) is 6.07 Å². The van der Waals surface area contributed by atoms with Crippen LogP contribution >= 0.6 is 15.9 Å². The lowest BCUT2D eigenvalue weighted by Crippen LogP contribution is -2.36. The molecule has 0 fully saturated rings. The normalized spacial score (nSPS) is 13.8. The molecule has 1 aliphatic rings. The SMILES string of the molecule is O=C1Nc2c(Br)cc(S(=O)(=O)N(CCO)CCO)c3cccc1c23. The number of carbonyl (C=O) groups excluding carboxylic acids is 1. The van der Waals surface area contributed by atoms with Crippen molar-refractivity contribution in [2.24, 2.45) is 0 Å². The van der Waals surface area contributed by atoms with Crippen molar-refractivity contribution in [1.82, 2.24) is 4.31 Å². The van der Waals surface area contributed by atoms with Crippen LogP contribution in [0, 0.1) is 0 Å². The van der Waals surface area contributed by atoms with Crippen LogP contribution in [0.15, 0.2) is 33.6 Å². The number of sulfonamides is 1. The summed E-state index contributed by atoms with van der Waals surface area (Å²) in [6, 6.07) is 6.33. The van der Waals surface area contributed by atoms with Gasteiger partial charge in [-0.1, -0.05) is 12.1 Å². The van der Waals surface area contributed by atoms with Gasteiger partial charge in [0.1, 0.15) is 0 Å². The van der Waals surface area contributed by atoms with Crippen molar-refractivity contribution in [1.29, 1.82) is 0 Å². The molecule has 2 aromatic rings. The molecule has 0 saturated carbocycles. The van der Waals surface area contributed by atoms with Gasteiger partial charge in [-0.2, -0.15) is 4.31 Å². The van der Waals surface area contributed by atoms with Crippen LogP contribution in [-0.2, 0) is 10.0 Å². The van der Waals surface area contributed by atoms with E-state index in [9.17, 15) is 13.2 Å². The maximum atomic E-state index is 13.0. The number of benzene rings is 2. The summed E-state index contributed by atoms with van der Waals surface area (Å²) in [5.41, 5.74) is 0.955. The third kappa shape index (κ3) is 2.62. The number of carbonyl (C=O) groups is 1. The number of hydrogen-bond acceptors (Lipinski definition) is 5. The molecule has 2 aromatic carbocycles. The van der Waals surface area contributed by atoms with Crippen LogP contribution in [0.25, 0.3) is 10.8 Å². The zero-order valence-corrected chi connectivity index (χ0v) is 14.9. The van der Waals surface area contributed by atoms with E-state index in [2.05, 4.69) is 21.2 Å². The first-order valence-electron chi connectivity index (χ1n) is 7.20. The Kier molecular flexibility index (Phi) is 4.63. The van der Waals surface area contributed by atoms with Gasteiger partial charge in [0.25, 0.3) is 5.91 Å². The van der Waals surface area contributed by atoms with Crippen molar-refractivity contribution < 1.29 is 23.4 Å². The first-order valence-corrected chi connectivity index (χ1v) is 9.43. The van der Waals surface area contributed by atoms with Gasteiger partial charge >= 0.3 is 0 Å². The lowest BCUT2D eigenvalue weighted by atomic mass is 10.1. The summed E-state index contributed by atoms with van der Waals surface area (Å²) >= 11 is 3.31. The number of halogens is 1. The summed E-state index contributed by atoms with van der Waals surface area (Å²) < 4.78 is 27.4. The van der Waals surface area contributed by atoms with Gasteiger partial charge in [-0.3, -0.25) is 4.79 Å². The van der Waals surface area contributed by atoms with Crippen LogP contribution in [-0.4, -0.2) is 55.1 Å². The number of aliphatic hydroxyl groups excluding tert-OH is 2. The zero-order chi connectivity index (χ0) is 17.5. The Morgan fingerprint density at radius 3 is 2.46 bits per heavy atom. The molecule has 3 N–H and O–H groups in total. The van der Waals surface area contributed by atoms with Gasteiger partial charge < -0.3 is 15.5 Å². The molecule has 1 amide bonds. The number of aliphatic hydroxyl groups is 2. The van der Waals surface area contributed by atoms with Crippen molar-refractivity contribution in [3.8, 4) is 0 Å². The highest BCUT2D eigenvalue weighted by atomic mass is 79.9. The fourth-order valence-corrected chi connectivity index (χ4v) is 5.15. The second-order valence-electron chi connectivity index (χ2n) is 5.27. The van der Waals surface area contributed by atoms with Crippen molar-refractivity contribution in [2.45, 2.75) is 4.90 Å². The quantitative estimate of drug-likeness (QED) is 0.656. The first kappa shape index (κ1) is 17.3. The summed E-state index contributed by atoms with van der Waals surface area (Å²) in [5, 5.41) is 21.9. The second-order valence-corrected chi connectivity index (χ2v) is 8.03. The topological polar surface area (TPSA) is 107 Å². The molecule has 7 nitrogen and oxygen atoms in total. The smallest absolute Gasteiger partial charge is 0.256 e. The number of rotatable bonds is 6. The van der Waals surface area contributed by atoms with Crippen LogP contribution in [0.4, 0.5) is 5.69 Å². The molecule has 1 aliphatic heterocycles. The van der Waals surface area contributed by atoms with Crippen molar-refractivity contribution in [3.05, 3.63) is 34.3 Å². The minimum Gasteiger partial charge on any atom is -0.395 e. The molecule has 3 rings (SSSR count). The van der Waals surface area contributed by atoms with Gasteiger partial charge in [0.15, 0.2) is 0 Å². The number of anilines is 1. The Morgan fingerprint density at radius 1 is 1.17 bits per heavy atom. The maximum absolute atomic E-state index is 13.0. The van der Waals surface area contributed by atoms with Crippen LogP contribution < -0.4 is 5.32 Å². The molecule has 0 unspecified atom stereocenters. The first-order chi connectivity index (χ1) is 11.4. The number of amides is 1. The third-order valence-electron chi connectivity index (χ3n) is 3.88. The highest BCUT2D eigenvalue weighted by Gasteiger charge is 2.31. The largest absolute Gasteiger partial charge is 0.395 e. The summed E-state index contributed by atoms with van der Waals surface area (Å²) in [6.07, 6.45) is 0. The zero-order valence-electron chi connectivity index (χ0n) is 12.5. The van der Waals surface area contributed by atoms with Gasteiger partial charge in [0.2, 0.25) is 10.0 Å². The highest BCUT2D eigenvalue weighted by Crippen LogP contribution is 2.42.